The number of hydrogen-bond acceptors (Lipinski definition) is 11. The monoisotopic (exact) mass is 631 g/mol. The predicted molar refractivity (Wildman–Crippen MR) is 147 cm³/mol. The molecule has 0 fully saturated rings. The summed E-state index contributed by atoms with van der Waals surface area (Å²) >= 11 is 12.5. The Morgan fingerprint density at radius 2 is 0.975 bits per heavy atom. The Kier molecular flexibility index (Phi) is 11.1. The summed E-state index contributed by atoms with van der Waals surface area (Å²) in [6, 6.07) is 16.3. The Bertz CT molecular complexity index is 1350. The molecule has 2 unspecified atom stereocenters. The van der Waals surface area contributed by atoms with E-state index in [1.165, 1.54) is 42.5 Å². The summed E-state index contributed by atoms with van der Waals surface area (Å²) in [6.45, 7) is 0. The summed E-state index contributed by atoms with van der Waals surface area (Å²) in [5, 5.41) is 0.289. The molecule has 15 heteroatoms. The van der Waals surface area contributed by atoms with Crippen LogP contribution in [0, 0.1) is 0 Å². The van der Waals surface area contributed by atoms with E-state index < -0.39 is 38.8 Å². The second-order valence-corrected chi connectivity index (χ2v) is 13.1. The molecule has 3 aromatic rings. The largest absolute Gasteiger partial charge is 0.440 e. The second kappa shape index (κ2) is 13.9. The van der Waals surface area contributed by atoms with Crippen molar-refractivity contribution in [1.29, 1.82) is 0 Å². The van der Waals surface area contributed by atoms with Crippen molar-refractivity contribution in [1.82, 2.24) is 4.98 Å². The van der Waals surface area contributed by atoms with Gasteiger partial charge in [0, 0.05) is 49.6 Å². The molecule has 0 amide bonds. The van der Waals surface area contributed by atoms with Gasteiger partial charge in [0.15, 0.2) is 0 Å². The molecular weight excluding hydrogens is 607 g/mol. The van der Waals surface area contributed by atoms with Crippen LogP contribution in [0.2, 0.25) is 10.0 Å². The first-order valence-electron chi connectivity index (χ1n) is 11.3. The summed E-state index contributed by atoms with van der Waals surface area (Å²) in [7, 11) is -3.57. The predicted octanol–water partition coefficient (Wildman–Crippen LogP) is 7.07. The number of rotatable bonds is 12. The fraction of sp³-hybridized carbons (Fsp3) is 0.240. The van der Waals surface area contributed by atoms with E-state index in [-0.39, 0.29) is 32.6 Å². The Hall–Kier alpha value is -2.59. The van der Waals surface area contributed by atoms with Crippen LogP contribution in [-0.2, 0) is 36.7 Å². The number of halogens is 2. The van der Waals surface area contributed by atoms with Gasteiger partial charge in [-0.15, -0.1) is 0 Å². The number of pyridine rings is 1. The zero-order chi connectivity index (χ0) is 29.5. The number of aromatic nitrogens is 1. The Balaban J connectivity index is 1.94. The highest BCUT2D eigenvalue weighted by atomic mass is 35.5. The highest BCUT2D eigenvalue weighted by molar-refractivity contribution is 7.54. The minimum Gasteiger partial charge on any atom is -0.440 e. The Morgan fingerprint density at radius 1 is 0.625 bits per heavy atom. The van der Waals surface area contributed by atoms with Crippen molar-refractivity contribution < 1.29 is 46.3 Å². The van der Waals surface area contributed by atoms with Gasteiger partial charge in [-0.25, -0.2) is 14.6 Å². The lowest BCUT2D eigenvalue weighted by Gasteiger charge is -2.25. The highest BCUT2D eigenvalue weighted by Gasteiger charge is 2.42. The van der Waals surface area contributed by atoms with E-state index in [1.807, 2.05) is 0 Å². The topological polar surface area (TPSA) is 137 Å². The summed E-state index contributed by atoms with van der Waals surface area (Å²) in [4.78, 5) is 30.3. The number of ether oxygens (including phenoxy) is 2. The van der Waals surface area contributed by atoms with E-state index in [9.17, 15) is 18.7 Å². The van der Waals surface area contributed by atoms with Crippen molar-refractivity contribution in [3.8, 4) is 0 Å². The third-order valence-electron chi connectivity index (χ3n) is 5.54. The Morgan fingerprint density at radius 3 is 1.30 bits per heavy atom. The maximum Gasteiger partial charge on any atom is 0.375 e. The van der Waals surface area contributed by atoms with Gasteiger partial charge < -0.3 is 27.6 Å². The van der Waals surface area contributed by atoms with E-state index in [4.69, 9.17) is 50.8 Å². The lowest BCUT2D eigenvalue weighted by Crippen LogP contribution is -2.18. The molecule has 40 heavy (non-hydrogen) atoms. The second-order valence-electron chi connectivity index (χ2n) is 7.78. The summed E-state index contributed by atoms with van der Waals surface area (Å²) in [5.41, 5.74) is -0.363. The van der Waals surface area contributed by atoms with Crippen LogP contribution in [0.5, 0.6) is 0 Å². The Labute approximate surface area is 240 Å². The number of esters is 2. The van der Waals surface area contributed by atoms with Crippen molar-refractivity contribution in [2.45, 2.75) is 11.7 Å². The molecule has 214 valence electrons. The lowest BCUT2D eigenvalue weighted by atomic mass is 10.2. The lowest BCUT2D eigenvalue weighted by molar-refractivity contribution is 0.0363. The van der Waals surface area contributed by atoms with Gasteiger partial charge in [-0.05, 0) is 24.3 Å². The first-order chi connectivity index (χ1) is 19.0. The minimum atomic E-state index is -4.05. The van der Waals surface area contributed by atoms with Gasteiger partial charge in [-0.3, -0.25) is 9.13 Å². The summed E-state index contributed by atoms with van der Waals surface area (Å²) < 4.78 is 57.7. The molecule has 0 aliphatic heterocycles. The molecular formula is C25H25Cl2NO10P2. The van der Waals surface area contributed by atoms with Crippen molar-refractivity contribution in [3.63, 3.8) is 0 Å². The number of nitrogens with zero attached hydrogens (tertiary/aromatic N) is 1. The van der Waals surface area contributed by atoms with Gasteiger partial charge in [0.2, 0.25) is 11.7 Å². The van der Waals surface area contributed by atoms with Gasteiger partial charge in [0.05, 0.1) is 0 Å². The van der Waals surface area contributed by atoms with Crippen LogP contribution in [0.25, 0.3) is 0 Å². The van der Waals surface area contributed by atoms with Crippen LogP contribution in [0.1, 0.15) is 43.8 Å². The molecule has 0 aliphatic carbocycles. The molecule has 11 nitrogen and oxygen atoms in total. The number of hydrogen-bond donors (Lipinski definition) is 0. The average molecular weight is 632 g/mol. The third kappa shape index (κ3) is 7.00. The molecule has 2 aromatic carbocycles. The fourth-order valence-electron chi connectivity index (χ4n) is 3.47. The zero-order valence-electron chi connectivity index (χ0n) is 21.7. The van der Waals surface area contributed by atoms with Crippen molar-refractivity contribution in [3.05, 3.63) is 99.3 Å². The van der Waals surface area contributed by atoms with Crippen molar-refractivity contribution >= 4 is 50.3 Å². The van der Waals surface area contributed by atoms with Crippen molar-refractivity contribution in [2.75, 3.05) is 28.4 Å². The molecule has 0 radical (unpaired) electrons. The quantitative estimate of drug-likeness (QED) is 0.150. The first kappa shape index (κ1) is 31.9. The molecule has 0 saturated heterocycles. The SMILES string of the molecule is COP(=O)(OC)C(OC(=O)c1cccc(C(=O)OC(c2ccccc2Cl)P(=O)(OC)OC)n1)c1ccccc1Cl. The number of carbonyl (C=O) groups excluding carboxylic acids is 2. The highest BCUT2D eigenvalue weighted by Crippen LogP contribution is 2.62. The van der Waals surface area contributed by atoms with Crippen LogP contribution in [0.15, 0.2) is 66.7 Å². The molecule has 0 spiro atoms. The minimum absolute atomic E-state index is 0.145. The van der Waals surface area contributed by atoms with Gasteiger partial charge in [-0.1, -0.05) is 65.7 Å². The maximum atomic E-state index is 13.2. The molecule has 3 rings (SSSR count). The van der Waals surface area contributed by atoms with E-state index in [2.05, 4.69) is 4.98 Å². The molecule has 2 atom stereocenters. The zero-order valence-corrected chi connectivity index (χ0v) is 25.0. The van der Waals surface area contributed by atoms with E-state index in [1.54, 1.807) is 24.3 Å². The van der Waals surface area contributed by atoms with E-state index >= 15 is 0 Å². The van der Waals surface area contributed by atoms with Crippen LogP contribution >= 0.6 is 38.4 Å². The molecule has 0 N–H and O–H groups in total. The number of carbonyl (C=O) groups is 2. The fourth-order valence-corrected chi connectivity index (χ4v) is 6.73. The van der Waals surface area contributed by atoms with Gasteiger partial charge in [0.1, 0.15) is 11.4 Å². The van der Waals surface area contributed by atoms with Crippen LogP contribution in [0.3, 0.4) is 0 Å². The van der Waals surface area contributed by atoms with E-state index in [0.29, 0.717) is 0 Å². The molecule has 0 aliphatic rings. The standard InChI is InChI=1S/C25H25Cl2NO10P2/c1-33-39(31,34-2)24(16-10-5-7-12-18(16)26)37-22(29)20-14-9-15-21(28-20)23(30)38-25(40(32,35-3)36-4)17-11-6-8-13-19(17)27/h5-15,24-25H,1-4H3. The average Bonchev–Trinajstić information content (AvgIpc) is 2.98. The van der Waals surface area contributed by atoms with E-state index in [0.717, 1.165) is 28.4 Å². The van der Waals surface area contributed by atoms with Gasteiger partial charge in [-0.2, -0.15) is 0 Å². The summed E-state index contributed by atoms with van der Waals surface area (Å²) in [6.07, 6.45) is 0. The van der Waals surface area contributed by atoms with Gasteiger partial charge in [0.25, 0.3) is 0 Å². The summed E-state index contributed by atoms with van der Waals surface area (Å²) in [5.74, 6) is -5.26. The van der Waals surface area contributed by atoms with Crippen LogP contribution in [0.4, 0.5) is 0 Å². The number of benzene rings is 2. The first-order valence-corrected chi connectivity index (χ1v) is 15.3. The normalized spacial score (nSPS) is 13.3. The van der Waals surface area contributed by atoms with Crippen LogP contribution in [-0.4, -0.2) is 45.4 Å². The molecule has 1 heterocycles. The van der Waals surface area contributed by atoms with Crippen LogP contribution < -0.4 is 0 Å². The molecule has 0 bridgehead atoms. The van der Waals surface area contributed by atoms with Gasteiger partial charge >= 0.3 is 27.1 Å². The third-order valence-corrected chi connectivity index (χ3v) is 10.2. The maximum absolute atomic E-state index is 13.2. The molecule has 1 aromatic heterocycles. The van der Waals surface area contributed by atoms with Crippen molar-refractivity contribution in [2.24, 2.45) is 0 Å². The smallest absolute Gasteiger partial charge is 0.375 e. The molecule has 0 saturated carbocycles.